The van der Waals surface area contributed by atoms with Crippen molar-refractivity contribution in [3.63, 3.8) is 0 Å². The van der Waals surface area contributed by atoms with E-state index in [2.05, 4.69) is 26.6 Å². The zero-order valence-corrected chi connectivity index (χ0v) is 14.9. The molecule has 0 unspecified atom stereocenters. The van der Waals surface area contributed by atoms with Gasteiger partial charge in [0.1, 0.15) is 0 Å². The number of nitrogens with one attached hydrogen (secondary N) is 2. The molecule has 0 radical (unpaired) electrons. The zero-order chi connectivity index (χ0) is 16.9. The van der Waals surface area contributed by atoms with Crippen LogP contribution in [0.15, 0.2) is 53.0 Å². The van der Waals surface area contributed by atoms with Crippen molar-refractivity contribution in [1.82, 2.24) is 0 Å². The predicted octanol–water partition coefficient (Wildman–Crippen LogP) is 3.04. The Morgan fingerprint density at radius 2 is 1.65 bits per heavy atom. The molecule has 122 valence electrons. The number of carbonyl (C=O) groups is 1. The van der Waals surface area contributed by atoms with Crippen molar-refractivity contribution in [3.8, 4) is 0 Å². The van der Waals surface area contributed by atoms with Crippen molar-refractivity contribution in [3.05, 3.63) is 58.6 Å². The third kappa shape index (κ3) is 5.69. The number of rotatable bonds is 6. The van der Waals surface area contributed by atoms with Crippen LogP contribution in [0.1, 0.15) is 5.56 Å². The van der Waals surface area contributed by atoms with Crippen molar-refractivity contribution >= 4 is 43.0 Å². The molecule has 5 nitrogen and oxygen atoms in total. The van der Waals surface area contributed by atoms with Gasteiger partial charge >= 0.3 is 0 Å². The molecule has 0 fully saturated rings. The highest BCUT2D eigenvalue weighted by molar-refractivity contribution is 9.10. The lowest BCUT2D eigenvalue weighted by molar-refractivity contribution is -0.114. The van der Waals surface area contributed by atoms with Gasteiger partial charge in [-0.15, -0.1) is 0 Å². The lowest BCUT2D eigenvalue weighted by atomic mass is 10.2. The number of anilines is 2. The quantitative estimate of drug-likeness (QED) is 0.786. The van der Waals surface area contributed by atoms with E-state index in [9.17, 15) is 13.2 Å². The average Bonchev–Trinajstić information content (AvgIpc) is 2.47. The lowest BCUT2D eigenvalue weighted by Gasteiger charge is -2.12. The highest BCUT2D eigenvalue weighted by Crippen LogP contribution is 2.21. The maximum Gasteiger partial charge on any atom is 0.243 e. The van der Waals surface area contributed by atoms with E-state index in [-0.39, 0.29) is 18.2 Å². The van der Waals surface area contributed by atoms with Gasteiger partial charge in [-0.1, -0.05) is 30.3 Å². The van der Waals surface area contributed by atoms with Crippen molar-refractivity contribution < 1.29 is 13.2 Å². The number of sulfone groups is 1. The molecule has 23 heavy (non-hydrogen) atoms. The van der Waals surface area contributed by atoms with Crippen LogP contribution in [0.4, 0.5) is 11.4 Å². The third-order valence-corrected chi connectivity index (χ3v) is 4.55. The van der Waals surface area contributed by atoms with Crippen LogP contribution in [0.2, 0.25) is 0 Å². The Bertz CT molecular complexity index is 806. The highest BCUT2D eigenvalue weighted by atomic mass is 79.9. The number of halogens is 1. The summed E-state index contributed by atoms with van der Waals surface area (Å²) in [7, 11) is -3.14. The number of carbonyl (C=O) groups excluding carboxylic acids is 1. The molecule has 0 atom stereocenters. The molecular formula is C16H17BrN2O3S. The van der Waals surface area contributed by atoms with Crippen LogP contribution < -0.4 is 10.6 Å². The van der Waals surface area contributed by atoms with Crippen molar-refractivity contribution in [2.45, 2.75) is 5.75 Å². The van der Waals surface area contributed by atoms with E-state index in [1.807, 2.05) is 18.2 Å². The first-order valence-corrected chi connectivity index (χ1v) is 9.74. The predicted molar refractivity (Wildman–Crippen MR) is 96.3 cm³/mol. The van der Waals surface area contributed by atoms with Crippen LogP contribution in [-0.4, -0.2) is 27.1 Å². The number of hydrogen-bond acceptors (Lipinski definition) is 4. The van der Waals surface area contributed by atoms with Crippen LogP contribution in [0.5, 0.6) is 0 Å². The van der Waals surface area contributed by atoms with Gasteiger partial charge in [0.05, 0.1) is 18.0 Å². The average molecular weight is 397 g/mol. The maximum atomic E-state index is 12.0. The van der Waals surface area contributed by atoms with Crippen molar-refractivity contribution in [1.29, 1.82) is 0 Å². The van der Waals surface area contributed by atoms with Crippen LogP contribution in [0.3, 0.4) is 0 Å². The molecule has 0 saturated carbocycles. The van der Waals surface area contributed by atoms with Crippen molar-refractivity contribution in [2.24, 2.45) is 0 Å². The fourth-order valence-corrected chi connectivity index (χ4v) is 3.23. The Morgan fingerprint density at radius 1 is 1.04 bits per heavy atom. The Hall–Kier alpha value is -1.86. The monoisotopic (exact) mass is 396 g/mol. The SMILES string of the molecule is CS(=O)(=O)Cc1ccccc1NCC(=O)Nc1ccccc1Br. The van der Waals surface area contributed by atoms with Gasteiger partial charge in [-0.2, -0.15) is 0 Å². The van der Waals surface area contributed by atoms with Crippen LogP contribution in [-0.2, 0) is 20.4 Å². The molecule has 0 aromatic heterocycles. The molecule has 2 aromatic rings. The van der Waals surface area contributed by atoms with E-state index in [0.717, 1.165) is 4.47 Å². The first-order chi connectivity index (χ1) is 10.8. The zero-order valence-electron chi connectivity index (χ0n) is 12.5. The van der Waals surface area contributed by atoms with Gasteiger partial charge in [0, 0.05) is 16.4 Å². The lowest BCUT2D eigenvalue weighted by Crippen LogP contribution is -2.22. The van der Waals surface area contributed by atoms with E-state index < -0.39 is 9.84 Å². The number of amides is 1. The molecule has 0 heterocycles. The minimum atomic E-state index is -3.14. The van der Waals surface area contributed by atoms with Gasteiger partial charge < -0.3 is 10.6 Å². The Kier molecular flexibility index (Phi) is 5.79. The number of benzene rings is 2. The fraction of sp³-hybridized carbons (Fsp3) is 0.188. The standard InChI is InChI=1S/C16H17BrN2O3S/c1-23(21,22)11-12-6-2-4-8-14(12)18-10-16(20)19-15-9-5-3-7-13(15)17/h2-9,18H,10-11H2,1H3,(H,19,20). The summed E-state index contributed by atoms with van der Waals surface area (Å²) in [5.41, 5.74) is 1.97. The van der Waals surface area contributed by atoms with E-state index in [1.54, 1.807) is 30.3 Å². The minimum absolute atomic E-state index is 0.0438. The minimum Gasteiger partial charge on any atom is -0.376 e. The molecule has 2 N–H and O–H groups in total. The molecule has 0 aliphatic heterocycles. The summed E-state index contributed by atoms with van der Waals surface area (Å²) in [6, 6.07) is 14.4. The van der Waals surface area contributed by atoms with E-state index in [0.29, 0.717) is 16.9 Å². The molecule has 0 spiro atoms. The molecule has 2 rings (SSSR count). The topological polar surface area (TPSA) is 75.3 Å². The van der Waals surface area contributed by atoms with Gasteiger partial charge in [-0.25, -0.2) is 8.42 Å². The Labute approximate surface area is 144 Å². The summed E-state index contributed by atoms with van der Waals surface area (Å²) in [5, 5.41) is 5.77. The smallest absolute Gasteiger partial charge is 0.243 e. The van der Waals surface area contributed by atoms with Gasteiger partial charge in [0.15, 0.2) is 9.84 Å². The second-order valence-corrected chi connectivity index (χ2v) is 8.10. The molecule has 0 saturated heterocycles. The molecular weight excluding hydrogens is 380 g/mol. The molecule has 0 bridgehead atoms. The van der Waals surface area contributed by atoms with E-state index >= 15 is 0 Å². The van der Waals surface area contributed by atoms with Gasteiger partial charge in [-0.05, 0) is 39.7 Å². The number of hydrogen-bond donors (Lipinski definition) is 2. The second kappa shape index (κ2) is 7.61. The molecule has 7 heteroatoms. The molecule has 1 amide bonds. The Morgan fingerprint density at radius 3 is 2.30 bits per heavy atom. The van der Waals surface area contributed by atoms with Gasteiger partial charge in [0.2, 0.25) is 5.91 Å². The van der Waals surface area contributed by atoms with Crippen LogP contribution >= 0.6 is 15.9 Å². The molecule has 2 aromatic carbocycles. The summed E-state index contributed by atoms with van der Waals surface area (Å²) in [6.07, 6.45) is 1.18. The first-order valence-electron chi connectivity index (χ1n) is 6.89. The third-order valence-electron chi connectivity index (χ3n) is 3.02. The summed E-state index contributed by atoms with van der Waals surface area (Å²) >= 11 is 3.36. The first kappa shape index (κ1) is 17.5. The van der Waals surface area contributed by atoms with E-state index in [1.165, 1.54) is 6.26 Å². The summed E-state index contributed by atoms with van der Waals surface area (Å²) < 4.78 is 23.7. The molecule has 0 aliphatic rings. The highest BCUT2D eigenvalue weighted by Gasteiger charge is 2.10. The normalized spacial score (nSPS) is 11.0. The maximum absolute atomic E-state index is 12.0. The van der Waals surface area contributed by atoms with E-state index in [4.69, 9.17) is 0 Å². The van der Waals surface area contributed by atoms with Gasteiger partial charge in [-0.3, -0.25) is 4.79 Å². The van der Waals surface area contributed by atoms with Crippen molar-refractivity contribution in [2.75, 3.05) is 23.4 Å². The van der Waals surface area contributed by atoms with Crippen LogP contribution in [0.25, 0.3) is 0 Å². The van der Waals surface area contributed by atoms with Crippen LogP contribution in [0, 0.1) is 0 Å². The van der Waals surface area contributed by atoms with Gasteiger partial charge in [0.25, 0.3) is 0 Å². The fourth-order valence-electron chi connectivity index (χ4n) is 2.03. The molecule has 0 aliphatic carbocycles. The summed E-state index contributed by atoms with van der Waals surface area (Å²) in [5.74, 6) is -0.284. The second-order valence-electron chi connectivity index (χ2n) is 5.11. The Balaban J connectivity index is 2.01. The summed E-state index contributed by atoms with van der Waals surface area (Å²) in [4.78, 5) is 12.0. The summed E-state index contributed by atoms with van der Waals surface area (Å²) in [6.45, 7) is 0.0438. The largest absolute Gasteiger partial charge is 0.376 e. The number of para-hydroxylation sites is 2.